The van der Waals surface area contributed by atoms with Gasteiger partial charge in [-0.25, -0.2) is 0 Å². The van der Waals surface area contributed by atoms with Gasteiger partial charge >= 0.3 is 0 Å². The summed E-state index contributed by atoms with van der Waals surface area (Å²) in [4.78, 5) is 16.3. The molecule has 0 atom stereocenters. The van der Waals surface area contributed by atoms with Gasteiger partial charge in [0.1, 0.15) is 5.75 Å². The summed E-state index contributed by atoms with van der Waals surface area (Å²) in [5.41, 5.74) is 3.37. The predicted octanol–water partition coefficient (Wildman–Crippen LogP) is 4.39. The van der Waals surface area contributed by atoms with Gasteiger partial charge in [0.2, 0.25) is 11.8 Å². The summed E-state index contributed by atoms with van der Waals surface area (Å²) in [5, 5.41) is 11.2. The van der Waals surface area contributed by atoms with Crippen LogP contribution in [0.4, 0.5) is 0 Å². The van der Waals surface area contributed by atoms with Crippen LogP contribution in [0, 0.1) is 19.8 Å². The summed E-state index contributed by atoms with van der Waals surface area (Å²) < 4.78 is 10.9. The Morgan fingerprint density at radius 3 is 2.70 bits per heavy atom. The Hall–Kier alpha value is -3.09. The van der Waals surface area contributed by atoms with E-state index in [4.69, 9.17) is 9.15 Å². The minimum absolute atomic E-state index is 0.0492. The van der Waals surface area contributed by atoms with E-state index >= 15 is 0 Å². The number of carbonyl (C=O) groups excluding carboxylic acids is 1. The SMILES string of the molecule is COc1cccc(-c2[nH]c(C)cc2C(=O)NCC2CCC(c3nnc(C)o3)CC2)c1. The molecule has 1 aromatic carbocycles. The number of hydrogen-bond acceptors (Lipinski definition) is 5. The molecule has 1 aliphatic carbocycles. The van der Waals surface area contributed by atoms with Crippen LogP contribution in [0.1, 0.15) is 59.4 Å². The van der Waals surface area contributed by atoms with E-state index in [1.165, 1.54) is 0 Å². The van der Waals surface area contributed by atoms with Crippen LogP contribution in [0.15, 0.2) is 34.7 Å². The molecule has 7 heteroatoms. The van der Waals surface area contributed by atoms with Crippen molar-refractivity contribution in [3.8, 4) is 17.0 Å². The molecular weight excluding hydrogens is 380 g/mol. The Morgan fingerprint density at radius 2 is 2.00 bits per heavy atom. The number of aromatic amines is 1. The average molecular weight is 409 g/mol. The first-order valence-corrected chi connectivity index (χ1v) is 10.5. The maximum atomic E-state index is 12.9. The number of methoxy groups -OCH3 is 1. The lowest BCUT2D eigenvalue weighted by Gasteiger charge is -2.26. The third-order valence-electron chi connectivity index (χ3n) is 5.84. The molecule has 1 aliphatic rings. The van der Waals surface area contributed by atoms with Crippen molar-refractivity contribution in [2.75, 3.05) is 13.7 Å². The van der Waals surface area contributed by atoms with Crippen molar-refractivity contribution in [1.82, 2.24) is 20.5 Å². The van der Waals surface area contributed by atoms with E-state index in [1.807, 2.05) is 44.2 Å². The highest BCUT2D eigenvalue weighted by Gasteiger charge is 2.26. The fourth-order valence-corrected chi connectivity index (χ4v) is 4.20. The quantitative estimate of drug-likeness (QED) is 0.631. The summed E-state index contributed by atoms with van der Waals surface area (Å²) in [6, 6.07) is 9.63. The fraction of sp³-hybridized carbons (Fsp3) is 0.435. The topological polar surface area (TPSA) is 93.0 Å². The van der Waals surface area contributed by atoms with Crippen LogP contribution in [0.2, 0.25) is 0 Å². The highest BCUT2D eigenvalue weighted by Crippen LogP contribution is 2.35. The molecule has 158 valence electrons. The maximum absolute atomic E-state index is 12.9. The summed E-state index contributed by atoms with van der Waals surface area (Å²) in [6.07, 6.45) is 4.11. The van der Waals surface area contributed by atoms with Gasteiger partial charge in [-0.3, -0.25) is 4.79 Å². The first-order chi connectivity index (χ1) is 14.5. The number of carbonyl (C=O) groups is 1. The Bertz CT molecular complexity index is 1020. The van der Waals surface area contributed by atoms with Gasteiger partial charge in [0, 0.05) is 30.6 Å². The van der Waals surface area contributed by atoms with Crippen molar-refractivity contribution in [3.63, 3.8) is 0 Å². The van der Waals surface area contributed by atoms with Crippen molar-refractivity contribution in [2.45, 2.75) is 45.4 Å². The van der Waals surface area contributed by atoms with Gasteiger partial charge in [0.05, 0.1) is 18.4 Å². The first kappa shape index (κ1) is 20.2. The smallest absolute Gasteiger partial charge is 0.253 e. The number of nitrogens with one attached hydrogen (secondary N) is 2. The molecule has 0 bridgehead atoms. The summed E-state index contributed by atoms with van der Waals surface area (Å²) in [6.45, 7) is 4.46. The first-order valence-electron chi connectivity index (χ1n) is 10.5. The Morgan fingerprint density at radius 1 is 1.20 bits per heavy atom. The van der Waals surface area contributed by atoms with Gasteiger partial charge in [-0.2, -0.15) is 0 Å². The van der Waals surface area contributed by atoms with E-state index in [9.17, 15) is 4.79 Å². The number of amides is 1. The number of nitrogens with zero attached hydrogens (tertiary/aromatic N) is 2. The van der Waals surface area contributed by atoms with E-state index in [1.54, 1.807) is 7.11 Å². The van der Waals surface area contributed by atoms with Crippen LogP contribution in [0.25, 0.3) is 11.3 Å². The van der Waals surface area contributed by atoms with E-state index in [-0.39, 0.29) is 5.91 Å². The van der Waals surface area contributed by atoms with E-state index < -0.39 is 0 Å². The van der Waals surface area contributed by atoms with Crippen molar-refractivity contribution in [3.05, 3.63) is 53.4 Å². The zero-order chi connectivity index (χ0) is 21.1. The Balaban J connectivity index is 1.37. The van der Waals surface area contributed by atoms with E-state index in [0.29, 0.717) is 29.8 Å². The zero-order valence-corrected chi connectivity index (χ0v) is 17.7. The highest BCUT2D eigenvalue weighted by atomic mass is 16.5. The van der Waals surface area contributed by atoms with Crippen LogP contribution >= 0.6 is 0 Å². The van der Waals surface area contributed by atoms with Crippen LogP contribution in [-0.4, -0.2) is 34.7 Å². The molecule has 2 aromatic heterocycles. The molecule has 30 heavy (non-hydrogen) atoms. The predicted molar refractivity (Wildman–Crippen MR) is 114 cm³/mol. The normalized spacial score (nSPS) is 18.9. The Labute approximate surface area is 176 Å². The van der Waals surface area contributed by atoms with Crippen molar-refractivity contribution >= 4 is 5.91 Å². The second-order valence-corrected chi connectivity index (χ2v) is 8.06. The molecule has 3 aromatic rings. The third-order valence-corrected chi connectivity index (χ3v) is 5.84. The number of aromatic nitrogens is 3. The van der Waals surface area contributed by atoms with Crippen LogP contribution in [0.3, 0.4) is 0 Å². The third kappa shape index (κ3) is 4.40. The number of rotatable bonds is 6. The molecule has 2 heterocycles. The summed E-state index contributed by atoms with van der Waals surface area (Å²) in [7, 11) is 1.64. The standard InChI is InChI=1S/C23H28N4O3/c1-14-11-20(21(25-14)18-5-4-6-19(12-18)29-3)22(28)24-13-16-7-9-17(10-8-16)23-27-26-15(2)30-23/h4-6,11-12,16-17,25H,7-10,13H2,1-3H3,(H,24,28). The van der Waals surface area contributed by atoms with E-state index in [0.717, 1.165) is 54.3 Å². The van der Waals surface area contributed by atoms with Gasteiger partial charge in [0.25, 0.3) is 5.91 Å². The van der Waals surface area contributed by atoms with Crippen molar-refractivity contribution in [2.24, 2.45) is 5.92 Å². The summed E-state index contributed by atoms with van der Waals surface area (Å²) in [5.74, 6) is 2.89. The monoisotopic (exact) mass is 408 g/mol. The lowest BCUT2D eigenvalue weighted by Crippen LogP contribution is -2.31. The van der Waals surface area contributed by atoms with Gasteiger partial charge in [0.15, 0.2) is 0 Å². The molecule has 1 fully saturated rings. The molecule has 0 aliphatic heterocycles. The number of aryl methyl sites for hydroxylation is 2. The van der Waals surface area contributed by atoms with Crippen LogP contribution in [-0.2, 0) is 0 Å². The molecule has 4 rings (SSSR count). The van der Waals surface area contributed by atoms with Crippen molar-refractivity contribution < 1.29 is 13.9 Å². The highest BCUT2D eigenvalue weighted by molar-refractivity contribution is 6.00. The molecule has 7 nitrogen and oxygen atoms in total. The van der Waals surface area contributed by atoms with Gasteiger partial charge in [-0.05, 0) is 56.7 Å². The second kappa shape index (κ2) is 8.73. The molecular formula is C23H28N4O3. The average Bonchev–Trinajstić information content (AvgIpc) is 3.38. The fourth-order valence-electron chi connectivity index (χ4n) is 4.20. The minimum Gasteiger partial charge on any atom is -0.497 e. The maximum Gasteiger partial charge on any atom is 0.253 e. The molecule has 0 radical (unpaired) electrons. The molecule has 1 saturated carbocycles. The number of H-pyrrole nitrogens is 1. The molecule has 0 spiro atoms. The molecule has 0 unspecified atom stereocenters. The second-order valence-electron chi connectivity index (χ2n) is 8.06. The molecule has 1 amide bonds. The van der Waals surface area contributed by atoms with Crippen LogP contribution in [0.5, 0.6) is 5.75 Å². The van der Waals surface area contributed by atoms with E-state index in [2.05, 4.69) is 20.5 Å². The van der Waals surface area contributed by atoms with Gasteiger partial charge in [-0.1, -0.05) is 12.1 Å². The van der Waals surface area contributed by atoms with Gasteiger partial charge in [-0.15, -0.1) is 10.2 Å². The Kier molecular flexibility index (Phi) is 5.88. The summed E-state index contributed by atoms with van der Waals surface area (Å²) >= 11 is 0. The molecule has 2 N–H and O–H groups in total. The zero-order valence-electron chi connectivity index (χ0n) is 17.7. The molecule has 0 saturated heterocycles. The number of benzene rings is 1. The lowest BCUT2D eigenvalue weighted by molar-refractivity contribution is 0.0943. The number of hydrogen-bond donors (Lipinski definition) is 2. The van der Waals surface area contributed by atoms with Crippen LogP contribution < -0.4 is 10.1 Å². The number of ether oxygens (including phenoxy) is 1. The van der Waals surface area contributed by atoms with Gasteiger partial charge < -0.3 is 19.5 Å². The van der Waals surface area contributed by atoms with Crippen molar-refractivity contribution in [1.29, 1.82) is 0 Å². The lowest BCUT2D eigenvalue weighted by atomic mass is 9.82. The largest absolute Gasteiger partial charge is 0.497 e. The minimum atomic E-state index is -0.0492.